The second kappa shape index (κ2) is 3.59. The molecular weight excluding hydrogens is 218 g/mol. The number of carbonyl (C=O) groups excluding carboxylic acids is 1. The van der Waals surface area contributed by atoms with Crippen molar-refractivity contribution in [1.29, 1.82) is 0 Å². The Kier molecular flexibility index (Phi) is 2.41. The molecule has 2 rings (SSSR count). The Morgan fingerprint density at radius 1 is 1.60 bits per heavy atom. The highest BCUT2D eigenvalue weighted by atomic mass is 32.1. The summed E-state index contributed by atoms with van der Waals surface area (Å²) in [6.45, 7) is 1.06. The first-order valence-electron chi connectivity index (χ1n) is 4.37. The lowest BCUT2D eigenvalue weighted by atomic mass is 10.1. The maximum atomic E-state index is 11.7. The Morgan fingerprint density at radius 2 is 2.27 bits per heavy atom. The molecule has 1 fully saturated rings. The first-order valence-corrected chi connectivity index (χ1v) is 5.18. The molecule has 1 aliphatic rings. The van der Waals surface area contributed by atoms with Gasteiger partial charge >= 0.3 is 5.00 Å². The van der Waals surface area contributed by atoms with Crippen LogP contribution < -0.4 is 5.73 Å². The predicted molar refractivity (Wildman–Crippen MR) is 54.9 cm³/mol. The Labute approximate surface area is 89.4 Å². The van der Waals surface area contributed by atoms with Gasteiger partial charge in [-0.1, -0.05) is 11.3 Å². The quantitative estimate of drug-likeness (QED) is 0.586. The van der Waals surface area contributed by atoms with Crippen LogP contribution in [0.4, 0.5) is 5.00 Å². The summed E-state index contributed by atoms with van der Waals surface area (Å²) in [6, 6.07) is 2.87. The van der Waals surface area contributed by atoms with Crippen molar-refractivity contribution in [2.24, 2.45) is 5.73 Å². The number of carbonyl (C=O) groups is 1. The first-order chi connectivity index (χ1) is 7.08. The van der Waals surface area contributed by atoms with Crippen molar-refractivity contribution in [3.63, 3.8) is 0 Å². The number of hydrogen-bond donors (Lipinski definition) is 1. The molecule has 0 aromatic carbocycles. The van der Waals surface area contributed by atoms with Gasteiger partial charge in [0.2, 0.25) is 0 Å². The maximum Gasteiger partial charge on any atom is 0.324 e. The molecule has 80 valence electrons. The summed E-state index contributed by atoms with van der Waals surface area (Å²) in [5, 5.41) is 10.4. The van der Waals surface area contributed by atoms with Crippen molar-refractivity contribution in [3.8, 4) is 0 Å². The van der Waals surface area contributed by atoms with Gasteiger partial charge in [-0.25, -0.2) is 0 Å². The molecule has 2 N–H and O–H groups in total. The van der Waals surface area contributed by atoms with Gasteiger partial charge in [-0.2, -0.15) is 0 Å². The molecule has 1 aromatic heterocycles. The number of nitrogens with two attached hydrogens (primary N) is 1. The largest absolute Gasteiger partial charge is 0.335 e. The fourth-order valence-electron chi connectivity index (χ4n) is 1.38. The SMILES string of the molecule is NC1CN(C(=O)c2ccc([N+](=O)[O-])s2)C1. The summed E-state index contributed by atoms with van der Waals surface area (Å²) in [6.07, 6.45) is 0. The lowest BCUT2D eigenvalue weighted by Gasteiger charge is -2.36. The van der Waals surface area contributed by atoms with E-state index >= 15 is 0 Å². The van der Waals surface area contributed by atoms with Crippen molar-refractivity contribution < 1.29 is 9.72 Å². The van der Waals surface area contributed by atoms with Gasteiger partial charge in [0.15, 0.2) is 0 Å². The molecule has 0 unspecified atom stereocenters. The average Bonchev–Trinajstić information content (AvgIpc) is 2.60. The van der Waals surface area contributed by atoms with E-state index in [1.54, 1.807) is 4.90 Å². The van der Waals surface area contributed by atoms with E-state index in [-0.39, 0.29) is 17.0 Å². The summed E-state index contributed by atoms with van der Waals surface area (Å²) in [5.74, 6) is -0.171. The molecule has 1 saturated heterocycles. The Balaban J connectivity index is 2.09. The van der Waals surface area contributed by atoms with Crippen LogP contribution in [0.3, 0.4) is 0 Å². The number of likely N-dealkylation sites (tertiary alicyclic amines) is 1. The second-order valence-corrected chi connectivity index (χ2v) is 4.43. The highest BCUT2D eigenvalue weighted by Crippen LogP contribution is 2.26. The summed E-state index contributed by atoms with van der Waals surface area (Å²) in [5.41, 5.74) is 5.54. The summed E-state index contributed by atoms with van der Waals surface area (Å²) < 4.78 is 0. The van der Waals surface area contributed by atoms with Gasteiger partial charge in [-0.15, -0.1) is 0 Å². The summed E-state index contributed by atoms with van der Waals surface area (Å²) in [4.78, 5) is 23.6. The van der Waals surface area contributed by atoms with Gasteiger partial charge in [0, 0.05) is 25.2 Å². The standard InChI is InChI=1S/C8H9N3O3S/c9-5-3-10(4-5)8(12)6-1-2-7(15-6)11(13)14/h1-2,5H,3-4,9H2. The first kappa shape index (κ1) is 10.1. The zero-order valence-electron chi connectivity index (χ0n) is 7.75. The van der Waals surface area contributed by atoms with Gasteiger partial charge in [-0.3, -0.25) is 14.9 Å². The van der Waals surface area contributed by atoms with Gasteiger partial charge in [-0.05, 0) is 6.07 Å². The highest BCUT2D eigenvalue weighted by molar-refractivity contribution is 7.17. The fourth-order valence-corrected chi connectivity index (χ4v) is 2.16. The topological polar surface area (TPSA) is 89.5 Å². The smallest absolute Gasteiger partial charge is 0.324 e. The van der Waals surface area contributed by atoms with E-state index in [0.29, 0.717) is 18.0 Å². The summed E-state index contributed by atoms with van der Waals surface area (Å²) in [7, 11) is 0. The molecule has 0 spiro atoms. The van der Waals surface area contributed by atoms with Gasteiger partial charge in [0.25, 0.3) is 5.91 Å². The number of nitro groups is 1. The zero-order chi connectivity index (χ0) is 11.0. The molecule has 0 radical (unpaired) electrons. The monoisotopic (exact) mass is 227 g/mol. The van der Waals surface area contributed by atoms with Crippen LogP contribution in [0.15, 0.2) is 12.1 Å². The molecule has 6 nitrogen and oxygen atoms in total. The normalized spacial score (nSPS) is 16.2. The fraction of sp³-hybridized carbons (Fsp3) is 0.375. The van der Waals surface area contributed by atoms with E-state index < -0.39 is 4.92 Å². The number of rotatable bonds is 2. The third-order valence-electron chi connectivity index (χ3n) is 2.18. The van der Waals surface area contributed by atoms with Crippen LogP contribution in [-0.4, -0.2) is 34.9 Å². The molecule has 0 bridgehead atoms. The van der Waals surface area contributed by atoms with Crippen molar-refractivity contribution in [2.75, 3.05) is 13.1 Å². The molecule has 2 heterocycles. The predicted octanol–water partition coefficient (Wildman–Crippen LogP) is 0.439. The third-order valence-corrected chi connectivity index (χ3v) is 3.20. The Bertz CT molecular complexity index is 411. The van der Waals surface area contributed by atoms with E-state index in [4.69, 9.17) is 5.73 Å². The zero-order valence-corrected chi connectivity index (χ0v) is 8.57. The molecule has 0 saturated carbocycles. The lowest BCUT2D eigenvalue weighted by Crippen LogP contribution is -2.57. The Hall–Kier alpha value is -1.47. The van der Waals surface area contributed by atoms with Crippen LogP contribution in [0.2, 0.25) is 0 Å². The molecule has 15 heavy (non-hydrogen) atoms. The van der Waals surface area contributed by atoms with Crippen LogP contribution in [0.25, 0.3) is 0 Å². The molecule has 1 aromatic rings. The van der Waals surface area contributed by atoms with Crippen LogP contribution in [-0.2, 0) is 0 Å². The second-order valence-electron chi connectivity index (χ2n) is 3.37. The molecule has 0 atom stereocenters. The van der Waals surface area contributed by atoms with E-state index in [1.165, 1.54) is 12.1 Å². The van der Waals surface area contributed by atoms with E-state index in [0.717, 1.165) is 11.3 Å². The minimum Gasteiger partial charge on any atom is -0.335 e. The number of hydrogen-bond acceptors (Lipinski definition) is 5. The van der Waals surface area contributed by atoms with E-state index in [9.17, 15) is 14.9 Å². The van der Waals surface area contributed by atoms with Crippen LogP contribution in [0.1, 0.15) is 9.67 Å². The lowest BCUT2D eigenvalue weighted by molar-refractivity contribution is -0.380. The van der Waals surface area contributed by atoms with Crippen LogP contribution >= 0.6 is 11.3 Å². The van der Waals surface area contributed by atoms with Gasteiger partial charge < -0.3 is 10.6 Å². The van der Waals surface area contributed by atoms with Gasteiger partial charge in [0.05, 0.1) is 9.80 Å². The average molecular weight is 227 g/mol. The van der Waals surface area contributed by atoms with Crippen molar-refractivity contribution in [1.82, 2.24) is 4.90 Å². The maximum absolute atomic E-state index is 11.7. The minimum absolute atomic E-state index is 0.0110. The molecule has 0 aliphatic carbocycles. The Morgan fingerprint density at radius 3 is 2.73 bits per heavy atom. The van der Waals surface area contributed by atoms with Crippen molar-refractivity contribution in [3.05, 3.63) is 27.1 Å². The number of nitrogens with zero attached hydrogens (tertiary/aromatic N) is 2. The van der Waals surface area contributed by atoms with Gasteiger partial charge in [0.1, 0.15) is 0 Å². The number of amides is 1. The molecule has 1 aliphatic heterocycles. The highest BCUT2D eigenvalue weighted by Gasteiger charge is 2.29. The molecular formula is C8H9N3O3S. The van der Waals surface area contributed by atoms with Crippen molar-refractivity contribution in [2.45, 2.75) is 6.04 Å². The molecule has 1 amide bonds. The minimum atomic E-state index is -0.497. The van der Waals surface area contributed by atoms with Crippen LogP contribution in [0.5, 0.6) is 0 Å². The van der Waals surface area contributed by atoms with Crippen molar-refractivity contribution >= 4 is 22.2 Å². The van der Waals surface area contributed by atoms with E-state index in [2.05, 4.69) is 0 Å². The number of thiophene rings is 1. The van der Waals surface area contributed by atoms with E-state index in [1.807, 2.05) is 0 Å². The summed E-state index contributed by atoms with van der Waals surface area (Å²) >= 11 is 0.897. The molecule has 7 heteroatoms. The van der Waals surface area contributed by atoms with Crippen LogP contribution in [0, 0.1) is 10.1 Å². The third kappa shape index (κ3) is 1.83.